The van der Waals surface area contributed by atoms with Crippen LogP contribution in [0.3, 0.4) is 0 Å². The van der Waals surface area contributed by atoms with E-state index in [1.54, 1.807) is 7.11 Å². The van der Waals surface area contributed by atoms with E-state index in [4.69, 9.17) is 4.74 Å². The minimum absolute atomic E-state index is 0.324. The summed E-state index contributed by atoms with van der Waals surface area (Å²) < 4.78 is 5.34. The summed E-state index contributed by atoms with van der Waals surface area (Å²) in [5.74, 6) is 1.18. The van der Waals surface area contributed by atoms with Crippen molar-refractivity contribution >= 4 is 0 Å². The molecule has 1 aliphatic rings. The minimum atomic E-state index is -0.401. The molecule has 1 fully saturated rings. The average molecular weight is 200 g/mol. The Balaban J connectivity index is 2.55. The zero-order chi connectivity index (χ0) is 10.8. The van der Waals surface area contributed by atoms with Crippen LogP contribution in [0.25, 0.3) is 0 Å². The Morgan fingerprint density at radius 1 is 1.36 bits per heavy atom. The summed E-state index contributed by atoms with van der Waals surface area (Å²) in [6, 6.07) is 0. The number of hydrogen-bond acceptors (Lipinski definition) is 2. The lowest BCUT2D eigenvalue weighted by Crippen LogP contribution is -2.44. The van der Waals surface area contributed by atoms with Crippen LogP contribution < -0.4 is 0 Å². The van der Waals surface area contributed by atoms with Gasteiger partial charge in [-0.15, -0.1) is 0 Å². The van der Waals surface area contributed by atoms with Gasteiger partial charge < -0.3 is 9.84 Å². The second-order valence-electron chi connectivity index (χ2n) is 5.28. The first-order chi connectivity index (χ1) is 6.47. The Morgan fingerprint density at radius 2 is 2.00 bits per heavy atom. The van der Waals surface area contributed by atoms with Gasteiger partial charge in [-0.05, 0) is 38.5 Å². The molecule has 2 heteroatoms. The van der Waals surface area contributed by atoms with Crippen molar-refractivity contribution < 1.29 is 9.84 Å². The highest BCUT2D eigenvalue weighted by molar-refractivity contribution is 4.87. The smallest absolute Gasteiger partial charge is 0.0883 e. The number of ether oxygens (including phenoxy) is 1. The van der Waals surface area contributed by atoms with Gasteiger partial charge >= 0.3 is 0 Å². The van der Waals surface area contributed by atoms with Crippen molar-refractivity contribution in [2.75, 3.05) is 7.11 Å². The fraction of sp³-hybridized carbons (Fsp3) is 1.00. The van der Waals surface area contributed by atoms with E-state index in [-0.39, 0.29) is 6.10 Å². The third-order valence-corrected chi connectivity index (χ3v) is 3.66. The van der Waals surface area contributed by atoms with Crippen molar-refractivity contribution in [3.8, 4) is 0 Å². The first-order valence-corrected chi connectivity index (χ1v) is 5.70. The second-order valence-corrected chi connectivity index (χ2v) is 5.28. The summed E-state index contributed by atoms with van der Waals surface area (Å²) in [6.07, 6.45) is 4.54. The van der Waals surface area contributed by atoms with Gasteiger partial charge in [-0.2, -0.15) is 0 Å². The summed E-state index contributed by atoms with van der Waals surface area (Å²) in [7, 11) is 1.68. The van der Waals surface area contributed by atoms with Gasteiger partial charge in [0.1, 0.15) is 0 Å². The Labute approximate surface area is 87.7 Å². The molecule has 1 saturated carbocycles. The van der Waals surface area contributed by atoms with Gasteiger partial charge in [-0.1, -0.05) is 19.8 Å². The van der Waals surface area contributed by atoms with E-state index in [1.807, 2.05) is 13.8 Å². The van der Waals surface area contributed by atoms with Crippen molar-refractivity contribution in [3.63, 3.8) is 0 Å². The molecule has 0 aliphatic heterocycles. The molecule has 0 amide bonds. The summed E-state index contributed by atoms with van der Waals surface area (Å²) >= 11 is 0. The van der Waals surface area contributed by atoms with Gasteiger partial charge in [-0.3, -0.25) is 0 Å². The van der Waals surface area contributed by atoms with Crippen LogP contribution in [0, 0.1) is 11.8 Å². The molecule has 0 aromatic rings. The molecular formula is C12H24O2. The molecule has 0 aromatic heterocycles. The van der Waals surface area contributed by atoms with Crippen LogP contribution in [0.5, 0.6) is 0 Å². The van der Waals surface area contributed by atoms with Crippen molar-refractivity contribution in [1.82, 2.24) is 0 Å². The highest BCUT2D eigenvalue weighted by Crippen LogP contribution is 2.34. The largest absolute Gasteiger partial charge is 0.390 e. The highest BCUT2D eigenvalue weighted by Gasteiger charge is 2.35. The Bertz CT molecular complexity index is 177. The lowest BCUT2D eigenvalue weighted by atomic mass is 9.75. The number of rotatable bonds is 3. The molecule has 84 valence electrons. The molecule has 1 rings (SSSR count). The first-order valence-electron chi connectivity index (χ1n) is 5.70. The van der Waals surface area contributed by atoms with E-state index in [1.165, 1.54) is 12.8 Å². The van der Waals surface area contributed by atoms with Crippen LogP contribution in [0.1, 0.15) is 46.5 Å². The van der Waals surface area contributed by atoms with Crippen LogP contribution in [0.4, 0.5) is 0 Å². The number of hydrogen-bond donors (Lipinski definition) is 1. The molecule has 0 heterocycles. The van der Waals surface area contributed by atoms with Crippen molar-refractivity contribution in [3.05, 3.63) is 0 Å². The summed E-state index contributed by atoms with van der Waals surface area (Å²) in [4.78, 5) is 0. The lowest BCUT2D eigenvalue weighted by Gasteiger charge is -2.38. The average Bonchev–Trinajstić information content (AvgIpc) is 2.16. The summed E-state index contributed by atoms with van der Waals surface area (Å²) in [5, 5.41) is 10.2. The van der Waals surface area contributed by atoms with E-state index in [9.17, 15) is 5.11 Å². The summed E-state index contributed by atoms with van der Waals surface area (Å²) in [6.45, 7) is 6.21. The fourth-order valence-electron chi connectivity index (χ4n) is 2.46. The molecule has 0 aromatic carbocycles. The number of methoxy groups -OCH3 is 1. The number of aliphatic hydroxyl groups excluding tert-OH is 1. The van der Waals surface area contributed by atoms with Gasteiger partial charge in [0.15, 0.2) is 0 Å². The fourth-order valence-corrected chi connectivity index (χ4v) is 2.46. The Morgan fingerprint density at radius 3 is 2.50 bits per heavy atom. The predicted molar refractivity (Wildman–Crippen MR) is 58.2 cm³/mol. The predicted octanol–water partition coefficient (Wildman–Crippen LogP) is 2.60. The maximum absolute atomic E-state index is 10.2. The zero-order valence-electron chi connectivity index (χ0n) is 9.92. The van der Waals surface area contributed by atoms with Crippen molar-refractivity contribution in [2.24, 2.45) is 11.8 Å². The Hall–Kier alpha value is -0.0800. The lowest BCUT2D eigenvalue weighted by molar-refractivity contribution is -0.109. The maximum Gasteiger partial charge on any atom is 0.0883 e. The SMILES string of the molecule is COC(C)(C)C(O)C1CCCC(C)C1. The van der Waals surface area contributed by atoms with Crippen LogP contribution >= 0.6 is 0 Å². The molecule has 1 aliphatic carbocycles. The van der Waals surface area contributed by atoms with Crippen LogP contribution in [-0.2, 0) is 4.74 Å². The summed E-state index contributed by atoms with van der Waals surface area (Å²) in [5.41, 5.74) is -0.401. The van der Waals surface area contributed by atoms with Crippen molar-refractivity contribution in [1.29, 1.82) is 0 Å². The molecule has 0 bridgehead atoms. The molecular weight excluding hydrogens is 176 g/mol. The van der Waals surface area contributed by atoms with E-state index in [0.29, 0.717) is 5.92 Å². The second kappa shape index (κ2) is 4.63. The normalized spacial score (nSPS) is 31.5. The van der Waals surface area contributed by atoms with Crippen molar-refractivity contribution in [2.45, 2.75) is 58.2 Å². The molecule has 0 spiro atoms. The quantitative estimate of drug-likeness (QED) is 0.759. The molecule has 0 radical (unpaired) electrons. The third-order valence-electron chi connectivity index (χ3n) is 3.66. The first kappa shape index (κ1) is 12.0. The van der Waals surface area contributed by atoms with Gasteiger partial charge in [0, 0.05) is 7.11 Å². The van der Waals surface area contributed by atoms with Crippen LogP contribution in [0.15, 0.2) is 0 Å². The van der Waals surface area contributed by atoms with Gasteiger partial charge in [0.05, 0.1) is 11.7 Å². The monoisotopic (exact) mass is 200 g/mol. The van der Waals surface area contributed by atoms with Gasteiger partial charge in [0.2, 0.25) is 0 Å². The van der Waals surface area contributed by atoms with Gasteiger partial charge in [0.25, 0.3) is 0 Å². The highest BCUT2D eigenvalue weighted by atomic mass is 16.5. The zero-order valence-corrected chi connectivity index (χ0v) is 9.92. The Kier molecular flexibility index (Phi) is 3.96. The van der Waals surface area contributed by atoms with Gasteiger partial charge in [-0.25, -0.2) is 0 Å². The molecule has 3 unspecified atom stereocenters. The van der Waals surface area contributed by atoms with E-state index in [2.05, 4.69) is 6.92 Å². The molecule has 0 saturated heterocycles. The minimum Gasteiger partial charge on any atom is -0.390 e. The third kappa shape index (κ3) is 2.71. The standard InChI is InChI=1S/C12H24O2/c1-9-6-5-7-10(8-9)11(13)12(2,3)14-4/h9-11,13H,5-8H2,1-4H3. The van der Waals surface area contributed by atoms with E-state index in [0.717, 1.165) is 18.8 Å². The van der Waals surface area contributed by atoms with Crippen LogP contribution in [-0.4, -0.2) is 23.9 Å². The maximum atomic E-state index is 10.2. The topological polar surface area (TPSA) is 29.5 Å². The molecule has 3 atom stereocenters. The van der Waals surface area contributed by atoms with Crippen LogP contribution in [0.2, 0.25) is 0 Å². The number of aliphatic hydroxyl groups is 1. The molecule has 14 heavy (non-hydrogen) atoms. The van der Waals surface area contributed by atoms with E-state index >= 15 is 0 Å². The molecule has 1 N–H and O–H groups in total. The van der Waals surface area contributed by atoms with E-state index < -0.39 is 5.60 Å². The molecule has 2 nitrogen and oxygen atoms in total.